The largest absolute Gasteiger partial charge is 0.347 e. The van der Waals surface area contributed by atoms with Crippen molar-refractivity contribution in [3.8, 4) is 0 Å². The van der Waals surface area contributed by atoms with Gasteiger partial charge in [0.05, 0.1) is 18.0 Å². The molecule has 5 nitrogen and oxygen atoms in total. The lowest BCUT2D eigenvalue weighted by molar-refractivity contribution is -0.123. The molecular weight excluding hydrogens is 396 g/mol. The lowest BCUT2D eigenvalue weighted by Gasteiger charge is -2.32. The zero-order valence-corrected chi connectivity index (χ0v) is 19.9. The Bertz CT molecular complexity index is 995. The first-order valence-electron chi connectivity index (χ1n) is 10.4. The molecule has 0 bridgehead atoms. The van der Waals surface area contributed by atoms with Crippen LogP contribution in [0.15, 0.2) is 36.4 Å². The number of nitrogens with one attached hydrogen (secondary N) is 1. The predicted molar refractivity (Wildman–Crippen MR) is 124 cm³/mol. The normalized spacial score (nSPS) is 13.6. The zero-order valence-electron chi connectivity index (χ0n) is 19.1. The van der Waals surface area contributed by atoms with Gasteiger partial charge in [0.2, 0.25) is 15.9 Å². The summed E-state index contributed by atoms with van der Waals surface area (Å²) in [6.07, 6.45) is 2.24. The molecule has 0 heterocycles. The summed E-state index contributed by atoms with van der Waals surface area (Å²) in [5.74, 6) is -0.283. The summed E-state index contributed by atoms with van der Waals surface area (Å²) >= 11 is 0. The number of amides is 1. The fourth-order valence-electron chi connectivity index (χ4n) is 4.02. The summed E-state index contributed by atoms with van der Waals surface area (Å²) in [7, 11) is -3.66. The standard InChI is InChI=1S/C24H34N2O3S/c1-8-22(21-11-10-16(3)13-19(21)6)25-24(27)23(9-2)26(30(7,28)29)20-14-17(4)12-18(5)15-20/h10-15,22-23H,8-9H2,1-7H3,(H,25,27)/t22-,23-/m1/s1. The third-order valence-corrected chi connectivity index (χ3v) is 6.50. The maximum atomic E-state index is 13.3. The molecule has 2 rings (SSSR count). The highest BCUT2D eigenvalue weighted by Crippen LogP contribution is 2.27. The molecule has 0 spiro atoms. The maximum absolute atomic E-state index is 13.3. The number of sulfonamides is 1. The van der Waals surface area contributed by atoms with E-state index >= 15 is 0 Å². The topological polar surface area (TPSA) is 66.5 Å². The number of hydrogen-bond acceptors (Lipinski definition) is 3. The molecule has 2 aromatic rings. The summed E-state index contributed by atoms with van der Waals surface area (Å²) in [6.45, 7) is 11.8. The van der Waals surface area contributed by atoms with Gasteiger partial charge in [-0.25, -0.2) is 8.42 Å². The van der Waals surface area contributed by atoms with Gasteiger partial charge < -0.3 is 5.32 Å². The first-order chi connectivity index (χ1) is 14.0. The quantitative estimate of drug-likeness (QED) is 0.658. The van der Waals surface area contributed by atoms with E-state index < -0.39 is 16.1 Å². The molecule has 0 saturated heterocycles. The van der Waals surface area contributed by atoms with E-state index in [9.17, 15) is 13.2 Å². The molecule has 0 aliphatic rings. The van der Waals surface area contributed by atoms with Crippen LogP contribution in [0.3, 0.4) is 0 Å². The Morgan fingerprint density at radius 2 is 1.53 bits per heavy atom. The van der Waals surface area contributed by atoms with E-state index in [-0.39, 0.29) is 11.9 Å². The van der Waals surface area contributed by atoms with E-state index in [1.54, 1.807) is 0 Å². The molecule has 0 fully saturated rings. The Morgan fingerprint density at radius 1 is 0.933 bits per heavy atom. The smallest absolute Gasteiger partial charge is 0.244 e. The highest BCUT2D eigenvalue weighted by atomic mass is 32.2. The Balaban J connectivity index is 2.42. The van der Waals surface area contributed by atoms with Crippen molar-refractivity contribution < 1.29 is 13.2 Å². The highest BCUT2D eigenvalue weighted by molar-refractivity contribution is 7.92. The van der Waals surface area contributed by atoms with E-state index in [1.165, 1.54) is 9.87 Å². The summed E-state index contributed by atoms with van der Waals surface area (Å²) < 4.78 is 26.7. The average Bonchev–Trinajstić information content (AvgIpc) is 2.62. The van der Waals surface area contributed by atoms with Crippen molar-refractivity contribution in [1.82, 2.24) is 5.32 Å². The highest BCUT2D eigenvalue weighted by Gasteiger charge is 2.32. The number of carbonyl (C=O) groups excluding carboxylic acids is 1. The van der Waals surface area contributed by atoms with Gasteiger partial charge in [0.1, 0.15) is 6.04 Å². The van der Waals surface area contributed by atoms with Crippen LogP contribution in [0.5, 0.6) is 0 Å². The second-order valence-electron chi connectivity index (χ2n) is 8.16. The minimum Gasteiger partial charge on any atom is -0.347 e. The summed E-state index contributed by atoms with van der Waals surface area (Å²) in [4.78, 5) is 13.3. The van der Waals surface area contributed by atoms with Crippen molar-refractivity contribution in [2.45, 2.75) is 66.5 Å². The number of rotatable bonds is 8. The first-order valence-corrected chi connectivity index (χ1v) is 12.3. The maximum Gasteiger partial charge on any atom is 0.244 e. The van der Waals surface area contributed by atoms with Crippen molar-refractivity contribution in [1.29, 1.82) is 0 Å². The van der Waals surface area contributed by atoms with Crippen molar-refractivity contribution >= 4 is 21.6 Å². The lowest BCUT2D eigenvalue weighted by Crippen LogP contribution is -2.50. The monoisotopic (exact) mass is 430 g/mol. The summed E-state index contributed by atoms with van der Waals surface area (Å²) in [6, 6.07) is 10.8. The van der Waals surface area contributed by atoms with Gasteiger partial charge in [-0.15, -0.1) is 0 Å². The predicted octanol–water partition coefficient (Wildman–Crippen LogP) is 4.73. The van der Waals surface area contributed by atoms with E-state index in [4.69, 9.17) is 0 Å². The Kier molecular flexibility index (Phi) is 7.70. The van der Waals surface area contributed by atoms with E-state index in [2.05, 4.69) is 11.4 Å². The minimum atomic E-state index is -3.66. The van der Waals surface area contributed by atoms with Crippen LogP contribution in [0.25, 0.3) is 0 Å². The number of nitrogens with zero attached hydrogens (tertiary/aromatic N) is 1. The van der Waals surface area contributed by atoms with Crippen LogP contribution in [-0.2, 0) is 14.8 Å². The number of aryl methyl sites for hydroxylation is 4. The van der Waals surface area contributed by atoms with Crippen LogP contribution in [0.2, 0.25) is 0 Å². The molecule has 1 N–H and O–H groups in total. The van der Waals surface area contributed by atoms with Gasteiger partial charge in [-0.1, -0.05) is 43.7 Å². The fraction of sp³-hybridized carbons (Fsp3) is 0.458. The second-order valence-corrected chi connectivity index (χ2v) is 10.0. The van der Waals surface area contributed by atoms with Crippen molar-refractivity contribution in [3.63, 3.8) is 0 Å². The van der Waals surface area contributed by atoms with Crippen LogP contribution < -0.4 is 9.62 Å². The van der Waals surface area contributed by atoms with Crippen molar-refractivity contribution in [2.75, 3.05) is 10.6 Å². The third kappa shape index (κ3) is 5.63. The molecule has 0 saturated carbocycles. The number of benzene rings is 2. The molecular formula is C24H34N2O3S. The Labute approximate surface area is 181 Å². The molecule has 30 heavy (non-hydrogen) atoms. The Morgan fingerprint density at radius 3 is 2.00 bits per heavy atom. The third-order valence-electron chi connectivity index (χ3n) is 5.32. The molecule has 164 valence electrons. The fourth-order valence-corrected chi connectivity index (χ4v) is 5.22. The molecule has 0 radical (unpaired) electrons. The van der Waals surface area contributed by atoms with E-state index in [0.29, 0.717) is 18.5 Å². The molecule has 2 aromatic carbocycles. The lowest BCUT2D eigenvalue weighted by atomic mass is 9.97. The SMILES string of the molecule is CC[C@H](C(=O)N[C@H](CC)c1ccc(C)cc1C)N(c1cc(C)cc(C)c1)S(C)(=O)=O. The number of carbonyl (C=O) groups is 1. The van der Waals surface area contributed by atoms with Crippen molar-refractivity contribution in [3.05, 3.63) is 64.2 Å². The first kappa shape index (κ1) is 23.9. The van der Waals surface area contributed by atoms with Crippen molar-refractivity contribution in [2.24, 2.45) is 0 Å². The zero-order chi connectivity index (χ0) is 22.6. The van der Waals surface area contributed by atoms with Gasteiger partial charge in [-0.05, 0) is 74.9 Å². The molecule has 0 aromatic heterocycles. The van der Waals surface area contributed by atoms with E-state index in [1.807, 2.05) is 71.9 Å². The summed E-state index contributed by atoms with van der Waals surface area (Å²) in [5, 5.41) is 3.10. The minimum absolute atomic E-state index is 0.173. The van der Waals surface area contributed by atoms with E-state index in [0.717, 1.165) is 28.5 Å². The van der Waals surface area contributed by atoms with Gasteiger partial charge >= 0.3 is 0 Å². The molecule has 0 aliphatic heterocycles. The number of anilines is 1. The molecule has 6 heteroatoms. The molecule has 1 amide bonds. The second kappa shape index (κ2) is 9.65. The molecule has 0 aliphatic carbocycles. The van der Waals surface area contributed by atoms with Crippen LogP contribution in [-0.4, -0.2) is 26.6 Å². The van der Waals surface area contributed by atoms with Crippen LogP contribution in [0.1, 0.15) is 60.5 Å². The average molecular weight is 431 g/mol. The molecule has 2 atom stereocenters. The van der Waals surface area contributed by atoms with Gasteiger partial charge in [-0.3, -0.25) is 9.10 Å². The van der Waals surface area contributed by atoms with Crippen LogP contribution in [0, 0.1) is 27.7 Å². The van der Waals surface area contributed by atoms with Gasteiger partial charge in [-0.2, -0.15) is 0 Å². The molecule has 0 unspecified atom stereocenters. The van der Waals surface area contributed by atoms with Gasteiger partial charge in [0, 0.05) is 0 Å². The Hall–Kier alpha value is -2.34. The van der Waals surface area contributed by atoms with Gasteiger partial charge in [0.25, 0.3) is 0 Å². The number of hydrogen-bond donors (Lipinski definition) is 1. The van der Waals surface area contributed by atoms with Crippen LogP contribution >= 0.6 is 0 Å². The van der Waals surface area contributed by atoms with Crippen LogP contribution in [0.4, 0.5) is 5.69 Å². The van der Waals surface area contributed by atoms with Gasteiger partial charge in [0.15, 0.2) is 0 Å². The summed E-state index contributed by atoms with van der Waals surface area (Å²) in [5.41, 5.74) is 5.78.